The van der Waals surface area contributed by atoms with Crippen molar-refractivity contribution in [3.63, 3.8) is 0 Å². The number of carbonyl (C=O) groups is 1. The van der Waals surface area contributed by atoms with Gasteiger partial charge in [0.05, 0.1) is 0 Å². The van der Waals surface area contributed by atoms with Crippen LogP contribution in [-0.4, -0.2) is 23.8 Å². The van der Waals surface area contributed by atoms with Gasteiger partial charge in [0.25, 0.3) is 0 Å². The van der Waals surface area contributed by atoms with Crippen LogP contribution in [0.2, 0.25) is 0 Å². The monoisotopic (exact) mass is 285 g/mol. The number of nitrogens with zero attached hydrogens (tertiary/aromatic N) is 1. The second kappa shape index (κ2) is 6.31. The molecular formula is C19H27NO. The van der Waals surface area contributed by atoms with Gasteiger partial charge in [-0.05, 0) is 42.2 Å². The maximum absolute atomic E-state index is 12.3. The van der Waals surface area contributed by atoms with Crippen LogP contribution in [-0.2, 0) is 17.8 Å². The molecule has 0 amide bonds. The average Bonchev–Trinajstić information content (AvgIpc) is 2.49. The lowest BCUT2D eigenvalue weighted by Crippen LogP contribution is -2.39. The highest BCUT2D eigenvalue weighted by atomic mass is 16.1. The molecule has 2 unspecified atom stereocenters. The third kappa shape index (κ3) is 3.37. The molecule has 1 heterocycles. The van der Waals surface area contributed by atoms with Gasteiger partial charge in [-0.15, -0.1) is 0 Å². The number of hydrogen-bond donors (Lipinski definition) is 0. The highest BCUT2D eigenvalue weighted by Crippen LogP contribution is 2.32. The molecule has 1 aromatic carbocycles. The minimum absolute atomic E-state index is 0.274. The molecule has 114 valence electrons. The fraction of sp³-hybridized carbons (Fsp3) is 0.632. The molecule has 1 aliphatic heterocycles. The Morgan fingerprint density at radius 1 is 1.19 bits per heavy atom. The van der Waals surface area contributed by atoms with Crippen LogP contribution in [0.4, 0.5) is 0 Å². The van der Waals surface area contributed by atoms with Crippen molar-refractivity contribution in [3.8, 4) is 0 Å². The van der Waals surface area contributed by atoms with E-state index in [2.05, 4.69) is 43.0 Å². The molecule has 0 aromatic heterocycles. The molecule has 3 rings (SSSR count). The van der Waals surface area contributed by atoms with Gasteiger partial charge in [-0.25, -0.2) is 0 Å². The van der Waals surface area contributed by atoms with E-state index in [4.69, 9.17) is 0 Å². The number of carbonyl (C=O) groups excluding carboxylic acids is 1. The molecule has 1 aliphatic carbocycles. The van der Waals surface area contributed by atoms with Crippen molar-refractivity contribution in [1.82, 2.24) is 4.90 Å². The zero-order valence-corrected chi connectivity index (χ0v) is 13.3. The molecule has 1 fully saturated rings. The van der Waals surface area contributed by atoms with Crippen LogP contribution in [0.5, 0.6) is 0 Å². The van der Waals surface area contributed by atoms with E-state index in [0.29, 0.717) is 11.7 Å². The summed E-state index contributed by atoms with van der Waals surface area (Å²) in [5.74, 6) is 2.23. The third-order valence-corrected chi connectivity index (χ3v) is 5.44. The van der Waals surface area contributed by atoms with E-state index in [-0.39, 0.29) is 5.92 Å². The maximum Gasteiger partial charge on any atom is 0.137 e. The van der Waals surface area contributed by atoms with Crippen molar-refractivity contribution >= 4 is 5.78 Å². The minimum atomic E-state index is 0.274. The summed E-state index contributed by atoms with van der Waals surface area (Å²) in [7, 11) is 0. The number of fused-ring (bicyclic) bond motifs is 1. The van der Waals surface area contributed by atoms with Gasteiger partial charge in [0.2, 0.25) is 0 Å². The van der Waals surface area contributed by atoms with Crippen LogP contribution in [0.25, 0.3) is 0 Å². The molecule has 1 aromatic rings. The predicted octanol–water partition coefficient (Wildman–Crippen LogP) is 3.69. The van der Waals surface area contributed by atoms with Gasteiger partial charge in [0.15, 0.2) is 0 Å². The summed E-state index contributed by atoms with van der Waals surface area (Å²) in [6, 6.07) is 8.74. The molecule has 2 atom stereocenters. The molecule has 1 saturated carbocycles. The lowest BCUT2D eigenvalue weighted by Gasteiger charge is -2.36. The van der Waals surface area contributed by atoms with Crippen molar-refractivity contribution in [1.29, 1.82) is 0 Å². The number of ketones is 1. The van der Waals surface area contributed by atoms with Gasteiger partial charge in [0.1, 0.15) is 5.78 Å². The van der Waals surface area contributed by atoms with Crippen LogP contribution >= 0.6 is 0 Å². The molecule has 0 bridgehead atoms. The Kier molecular flexibility index (Phi) is 4.44. The summed E-state index contributed by atoms with van der Waals surface area (Å²) in [4.78, 5) is 14.7. The summed E-state index contributed by atoms with van der Waals surface area (Å²) >= 11 is 0. The van der Waals surface area contributed by atoms with Gasteiger partial charge in [-0.3, -0.25) is 9.69 Å². The summed E-state index contributed by atoms with van der Waals surface area (Å²) < 4.78 is 0. The van der Waals surface area contributed by atoms with Gasteiger partial charge < -0.3 is 0 Å². The first kappa shape index (κ1) is 14.8. The minimum Gasteiger partial charge on any atom is -0.299 e. The van der Waals surface area contributed by atoms with Crippen molar-refractivity contribution in [3.05, 3.63) is 35.4 Å². The summed E-state index contributed by atoms with van der Waals surface area (Å²) in [5, 5.41) is 0. The summed E-state index contributed by atoms with van der Waals surface area (Å²) in [6.45, 7) is 7.69. The molecule has 2 heteroatoms. The van der Waals surface area contributed by atoms with E-state index in [1.54, 1.807) is 0 Å². The lowest BCUT2D eigenvalue weighted by atomic mass is 9.75. The van der Waals surface area contributed by atoms with E-state index in [9.17, 15) is 4.79 Å². The van der Waals surface area contributed by atoms with E-state index in [1.807, 2.05) is 0 Å². The largest absolute Gasteiger partial charge is 0.299 e. The highest BCUT2D eigenvalue weighted by Gasteiger charge is 2.31. The van der Waals surface area contributed by atoms with Crippen LogP contribution in [0.1, 0.15) is 44.2 Å². The number of Topliss-reactive ketones (excluding diaryl/α,β-unsaturated/α-hetero) is 1. The Bertz CT molecular complexity index is 508. The highest BCUT2D eigenvalue weighted by molar-refractivity contribution is 5.82. The van der Waals surface area contributed by atoms with Crippen molar-refractivity contribution in [2.45, 2.75) is 46.1 Å². The Labute approximate surface area is 128 Å². The average molecular weight is 285 g/mol. The van der Waals surface area contributed by atoms with Gasteiger partial charge in [-0.2, -0.15) is 0 Å². The molecule has 0 N–H and O–H groups in total. The molecule has 2 aliphatic rings. The number of benzene rings is 1. The van der Waals surface area contributed by atoms with Gasteiger partial charge in [-0.1, -0.05) is 38.1 Å². The number of hydrogen-bond acceptors (Lipinski definition) is 2. The van der Waals surface area contributed by atoms with Gasteiger partial charge >= 0.3 is 0 Å². The van der Waals surface area contributed by atoms with E-state index in [1.165, 1.54) is 11.1 Å². The fourth-order valence-corrected chi connectivity index (χ4v) is 3.95. The Morgan fingerprint density at radius 2 is 1.95 bits per heavy atom. The third-order valence-electron chi connectivity index (χ3n) is 5.44. The van der Waals surface area contributed by atoms with Crippen molar-refractivity contribution in [2.75, 3.05) is 13.1 Å². The lowest BCUT2D eigenvalue weighted by molar-refractivity contribution is -0.126. The fourth-order valence-electron chi connectivity index (χ4n) is 3.95. The van der Waals surface area contributed by atoms with E-state index < -0.39 is 0 Å². The van der Waals surface area contributed by atoms with Crippen LogP contribution in [0.3, 0.4) is 0 Å². The summed E-state index contributed by atoms with van der Waals surface area (Å²) in [6.07, 6.45) is 4.15. The van der Waals surface area contributed by atoms with Gasteiger partial charge in [0, 0.05) is 32.0 Å². The Morgan fingerprint density at radius 3 is 2.71 bits per heavy atom. The van der Waals surface area contributed by atoms with E-state index in [0.717, 1.165) is 51.2 Å². The first-order valence-corrected chi connectivity index (χ1v) is 8.45. The Hall–Kier alpha value is -1.15. The molecule has 21 heavy (non-hydrogen) atoms. The molecule has 0 radical (unpaired) electrons. The standard InChI is InChI=1S/C19H27NO/c1-14(2)16-7-8-19(21)18(11-16)13-20-10-9-15-5-3-4-6-17(15)12-20/h3-6,14,16,18H,7-13H2,1-2H3. The zero-order chi connectivity index (χ0) is 14.8. The maximum atomic E-state index is 12.3. The second-order valence-electron chi connectivity index (χ2n) is 7.20. The topological polar surface area (TPSA) is 20.3 Å². The first-order chi connectivity index (χ1) is 10.1. The first-order valence-electron chi connectivity index (χ1n) is 8.45. The van der Waals surface area contributed by atoms with Crippen molar-refractivity contribution in [2.24, 2.45) is 17.8 Å². The predicted molar refractivity (Wildman–Crippen MR) is 86.1 cm³/mol. The molecule has 2 nitrogen and oxygen atoms in total. The zero-order valence-electron chi connectivity index (χ0n) is 13.3. The molecule has 0 saturated heterocycles. The van der Waals surface area contributed by atoms with Crippen molar-refractivity contribution < 1.29 is 4.79 Å². The number of rotatable bonds is 3. The Balaban J connectivity index is 1.63. The smallest absolute Gasteiger partial charge is 0.137 e. The molecular weight excluding hydrogens is 258 g/mol. The van der Waals surface area contributed by atoms with E-state index >= 15 is 0 Å². The quantitative estimate of drug-likeness (QED) is 0.844. The normalized spacial score (nSPS) is 26.9. The molecule has 0 spiro atoms. The van der Waals surface area contributed by atoms with Crippen LogP contribution in [0.15, 0.2) is 24.3 Å². The summed E-state index contributed by atoms with van der Waals surface area (Å²) in [5.41, 5.74) is 2.94. The second-order valence-corrected chi connectivity index (χ2v) is 7.20. The van der Waals surface area contributed by atoms with Crippen LogP contribution < -0.4 is 0 Å². The SMILES string of the molecule is CC(C)C1CCC(=O)C(CN2CCc3ccccc3C2)C1. The van der Waals surface area contributed by atoms with Crippen LogP contribution in [0, 0.1) is 17.8 Å².